The van der Waals surface area contributed by atoms with Crippen molar-refractivity contribution in [1.82, 2.24) is 5.32 Å². The minimum Gasteiger partial charge on any atom is -0.481 e. The molecule has 0 heterocycles. The van der Waals surface area contributed by atoms with E-state index in [1.165, 1.54) is 5.56 Å². The highest BCUT2D eigenvalue weighted by Crippen LogP contribution is 2.12. The number of hydrogen-bond acceptors (Lipinski definition) is 2. The third-order valence-corrected chi connectivity index (χ3v) is 3.38. The molecule has 4 heteroatoms. The van der Waals surface area contributed by atoms with Gasteiger partial charge < -0.3 is 10.4 Å². The molecule has 0 spiro atoms. The van der Waals surface area contributed by atoms with Gasteiger partial charge in [-0.3, -0.25) is 4.79 Å². The molecule has 2 N–H and O–H groups in total. The molecule has 0 aliphatic carbocycles. The summed E-state index contributed by atoms with van der Waals surface area (Å²) in [6, 6.07) is 8.22. The van der Waals surface area contributed by atoms with E-state index in [9.17, 15) is 4.79 Å². The lowest BCUT2D eigenvalue weighted by molar-refractivity contribution is -0.137. The second kappa shape index (κ2) is 8.27. The molecular weight excluding hydrogens is 294 g/mol. The van der Waals surface area contributed by atoms with E-state index in [1.807, 2.05) is 12.1 Å². The summed E-state index contributed by atoms with van der Waals surface area (Å²) in [6.07, 6.45) is 2.04. The van der Waals surface area contributed by atoms with Crippen molar-refractivity contribution in [3.05, 3.63) is 34.3 Å². The standard InChI is InChI=1S/C14H20BrNO2/c1-11(5-6-14(17)18)7-8-16-10-12-3-2-4-13(15)9-12/h2-4,9,11,16H,5-8,10H2,1H3,(H,17,18). The Balaban J connectivity index is 2.13. The van der Waals surface area contributed by atoms with Gasteiger partial charge in [-0.05, 0) is 43.0 Å². The fourth-order valence-electron chi connectivity index (χ4n) is 1.74. The number of halogens is 1. The minimum atomic E-state index is -0.705. The van der Waals surface area contributed by atoms with Crippen molar-refractivity contribution in [2.45, 2.75) is 32.7 Å². The molecule has 3 nitrogen and oxygen atoms in total. The Morgan fingerprint density at radius 3 is 2.89 bits per heavy atom. The van der Waals surface area contributed by atoms with Crippen LogP contribution in [0.4, 0.5) is 0 Å². The summed E-state index contributed by atoms with van der Waals surface area (Å²) in [5.41, 5.74) is 1.25. The molecule has 100 valence electrons. The van der Waals surface area contributed by atoms with Crippen LogP contribution >= 0.6 is 15.9 Å². The van der Waals surface area contributed by atoms with Crippen molar-refractivity contribution in [2.24, 2.45) is 5.92 Å². The number of hydrogen-bond donors (Lipinski definition) is 2. The van der Waals surface area contributed by atoms with E-state index in [1.54, 1.807) is 0 Å². The summed E-state index contributed by atoms with van der Waals surface area (Å²) in [7, 11) is 0. The van der Waals surface area contributed by atoms with E-state index in [-0.39, 0.29) is 6.42 Å². The lowest BCUT2D eigenvalue weighted by atomic mass is 10.0. The van der Waals surface area contributed by atoms with Gasteiger partial charge in [-0.15, -0.1) is 0 Å². The zero-order valence-corrected chi connectivity index (χ0v) is 12.2. The molecular formula is C14H20BrNO2. The van der Waals surface area contributed by atoms with Crippen LogP contribution in [0.5, 0.6) is 0 Å². The highest BCUT2D eigenvalue weighted by Gasteiger charge is 2.05. The summed E-state index contributed by atoms with van der Waals surface area (Å²) in [5, 5.41) is 12.0. The van der Waals surface area contributed by atoms with Crippen LogP contribution in [0.2, 0.25) is 0 Å². The fourth-order valence-corrected chi connectivity index (χ4v) is 2.19. The van der Waals surface area contributed by atoms with Gasteiger partial charge >= 0.3 is 5.97 Å². The summed E-state index contributed by atoms with van der Waals surface area (Å²) in [5.74, 6) is -0.250. The Kier molecular flexibility index (Phi) is 6.98. The van der Waals surface area contributed by atoms with Gasteiger partial charge in [0.25, 0.3) is 0 Å². The molecule has 1 rings (SSSR count). The Hall–Kier alpha value is -0.870. The van der Waals surface area contributed by atoms with Crippen molar-refractivity contribution in [2.75, 3.05) is 6.54 Å². The highest BCUT2D eigenvalue weighted by atomic mass is 79.9. The van der Waals surface area contributed by atoms with Crippen molar-refractivity contribution in [3.63, 3.8) is 0 Å². The minimum absolute atomic E-state index is 0.271. The normalized spacial score (nSPS) is 12.3. The first kappa shape index (κ1) is 15.2. The molecule has 0 fully saturated rings. The molecule has 0 saturated heterocycles. The molecule has 0 aromatic heterocycles. The molecule has 18 heavy (non-hydrogen) atoms. The van der Waals surface area contributed by atoms with E-state index in [0.29, 0.717) is 5.92 Å². The number of rotatable bonds is 8. The SMILES string of the molecule is CC(CCNCc1cccc(Br)c1)CCC(=O)O. The van der Waals surface area contributed by atoms with Crippen LogP contribution in [0.1, 0.15) is 31.7 Å². The fraction of sp³-hybridized carbons (Fsp3) is 0.500. The maximum absolute atomic E-state index is 10.4. The van der Waals surface area contributed by atoms with E-state index in [2.05, 4.69) is 40.3 Å². The number of aliphatic carboxylic acids is 1. The van der Waals surface area contributed by atoms with Crippen molar-refractivity contribution in [1.29, 1.82) is 0 Å². The van der Waals surface area contributed by atoms with Crippen molar-refractivity contribution in [3.8, 4) is 0 Å². The predicted molar refractivity (Wildman–Crippen MR) is 76.5 cm³/mol. The Morgan fingerprint density at radius 1 is 1.44 bits per heavy atom. The van der Waals surface area contributed by atoms with Crippen LogP contribution in [0.3, 0.4) is 0 Å². The number of carboxylic acids is 1. The Labute approximate surface area is 117 Å². The molecule has 0 aliphatic rings. The van der Waals surface area contributed by atoms with Crippen LogP contribution in [0.25, 0.3) is 0 Å². The molecule has 0 radical (unpaired) electrons. The summed E-state index contributed by atoms with van der Waals surface area (Å²) < 4.78 is 1.09. The number of benzene rings is 1. The van der Waals surface area contributed by atoms with Gasteiger partial charge in [0.2, 0.25) is 0 Å². The molecule has 1 atom stereocenters. The Morgan fingerprint density at radius 2 is 2.22 bits per heavy atom. The first-order valence-corrected chi connectivity index (χ1v) is 7.04. The second-order valence-corrected chi connectivity index (χ2v) is 5.55. The maximum Gasteiger partial charge on any atom is 0.303 e. The van der Waals surface area contributed by atoms with E-state index in [0.717, 1.165) is 30.4 Å². The quantitative estimate of drug-likeness (QED) is 0.723. The monoisotopic (exact) mass is 313 g/mol. The van der Waals surface area contributed by atoms with E-state index in [4.69, 9.17) is 5.11 Å². The van der Waals surface area contributed by atoms with Crippen LogP contribution in [-0.2, 0) is 11.3 Å². The predicted octanol–water partition coefficient (Wildman–Crippen LogP) is 3.43. The summed E-state index contributed by atoms with van der Waals surface area (Å²) in [4.78, 5) is 10.4. The van der Waals surface area contributed by atoms with Crippen LogP contribution in [0.15, 0.2) is 28.7 Å². The van der Waals surface area contributed by atoms with Gasteiger partial charge in [0.05, 0.1) is 0 Å². The average Bonchev–Trinajstić information content (AvgIpc) is 2.32. The van der Waals surface area contributed by atoms with Gasteiger partial charge in [-0.2, -0.15) is 0 Å². The lowest BCUT2D eigenvalue weighted by Crippen LogP contribution is -2.17. The van der Waals surface area contributed by atoms with Gasteiger partial charge in [0.15, 0.2) is 0 Å². The van der Waals surface area contributed by atoms with E-state index < -0.39 is 5.97 Å². The molecule has 1 aromatic carbocycles. The summed E-state index contributed by atoms with van der Waals surface area (Å²) in [6.45, 7) is 3.88. The topological polar surface area (TPSA) is 49.3 Å². The zero-order chi connectivity index (χ0) is 13.4. The number of carboxylic acid groups (broad SMARTS) is 1. The largest absolute Gasteiger partial charge is 0.481 e. The van der Waals surface area contributed by atoms with Crippen LogP contribution in [-0.4, -0.2) is 17.6 Å². The molecule has 0 amide bonds. The molecule has 0 aliphatic heterocycles. The maximum atomic E-state index is 10.4. The highest BCUT2D eigenvalue weighted by molar-refractivity contribution is 9.10. The Bertz CT molecular complexity index is 382. The molecule has 1 unspecified atom stereocenters. The smallest absolute Gasteiger partial charge is 0.303 e. The zero-order valence-electron chi connectivity index (χ0n) is 10.7. The van der Waals surface area contributed by atoms with Crippen molar-refractivity contribution >= 4 is 21.9 Å². The lowest BCUT2D eigenvalue weighted by Gasteiger charge is -2.10. The first-order valence-electron chi connectivity index (χ1n) is 6.25. The van der Waals surface area contributed by atoms with Crippen molar-refractivity contribution < 1.29 is 9.90 Å². The number of carbonyl (C=O) groups is 1. The molecule has 0 saturated carbocycles. The van der Waals surface area contributed by atoms with Gasteiger partial charge in [0, 0.05) is 17.4 Å². The van der Waals surface area contributed by atoms with Crippen LogP contribution < -0.4 is 5.32 Å². The van der Waals surface area contributed by atoms with E-state index >= 15 is 0 Å². The van der Waals surface area contributed by atoms with Gasteiger partial charge in [0.1, 0.15) is 0 Å². The van der Waals surface area contributed by atoms with Gasteiger partial charge in [-0.25, -0.2) is 0 Å². The summed E-state index contributed by atoms with van der Waals surface area (Å²) >= 11 is 3.45. The molecule has 1 aromatic rings. The third-order valence-electron chi connectivity index (χ3n) is 2.88. The molecule has 0 bridgehead atoms. The third kappa shape index (κ3) is 6.77. The van der Waals surface area contributed by atoms with Crippen LogP contribution in [0, 0.1) is 5.92 Å². The first-order chi connectivity index (χ1) is 8.58. The number of nitrogens with one attached hydrogen (secondary N) is 1. The second-order valence-electron chi connectivity index (χ2n) is 4.63. The van der Waals surface area contributed by atoms with Gasteiger partial charge in [-0.1, -0.05) is 35.0 Å². The average molecular weight is 314 g/mol.